The smallest absolute Gasteiger partial charge is 0.258 e. The molecule has 1 aliphatic heterocycles. The molecule has 3 rings (SSSR count). The summed E-state index contributed by atoms with van der Waals surface area (Å²) in [5, 5.41) is 3.83. The highest BCUT2D eigenvalue weighted by atomic mass is 16.5. The predicted molar refractivity (Wildman–Crippen MR) is 95.1 cm³/mol. The number of aryl methyl sites for hydroxylation is 1. The van der Waals surface area contributed by atoms with E-state index in [1.165, 1.54) is 0 Å². The third kappa shape index (κ3) is 4.35. The van der Waals surface area contributed by atoms with Gasteiger partial charge < -0.3 is 14.3 Å². The first-order valence-corrected chi connectivity index (χ1v) is 8.82. The van der Waals surface area contributed by atoms with Crippen LogP contribution in [0.5, 0.6) is 0 Å². The standard InChI is InChI=1S/C18H25N5O2/c1-13(2)4-5-17(24)23-10-8-22(9-11-23)16-12-15(6-7-19-16)18-20-14(3)21-25-18/h6-7,12-13H,4-5,8-11H2,1-3H3. The van der Waals surface area contributed by atoms with Gasteiger partial charge in [0.2, 0.25) is 5.91 Å². The largest absolute Gasteiger partial charge is 0.353 e. The van der Waals surface area contributed by atoms with Gasteiger partial charge in [0.1, 0.15) is 5.82 Å². The molecule has 2 aromatic rings. The summed E-state index contributed by atoms with van der Waals surface area (Å²) >= 11 is 0. The molecule has 0 aromatic carbocycles. The summed E-state index contributed by atoms with van der Waals surface area (Å²) < 4.78 is 5.23. The van der Waals surface area contributed by atoms with Crippen molar-refractivity contribution in [2.24, 2.45) is 5.92 Å². The van der Waals surface area contributed by atoms with Crippen molar-refractivity contribution in [3.63, 3.8) is 0 Å². The summed E-state index contributed by atoms with van der Waals surface area (Å²) in [6.07, 6.45) is 3.35. The van der Waals surface area contributed by atoms with Gasteiger partial charge in [-0.15, -0.1) is 0 Å². The number of carbonyl (C=O) groups is 1. The van der Waals surface area contributed by atoms with Crippen LogP contribution in [0.2, 0.25) is 0 Å². The second-order valence-corrected chi connectivity index (χ2v) is 6.85. The maximum Gasteiger partial charge on any atom is 0.258 e. The number of rotatable bonds is 5. The Balaban J connectivity index is 1.60. The molecule has 0 N–H and O–H groups in total. The molecule has 0 spiro atoms. The lowest BCUT2D eigenvalue weighted by Crippen LogP contribution is -2.49. The lowest BCUT2D eigenvalue weighted by atomic mass is 10.1. The lowest BCUT2D eigenvalue weighted by Gasteiger charge is -2.35. The predicted octanol–water partition coefficient (Wildman–Crippen LogP) is 2.52. The van der Waals surface area contributed by atoms with Gasteiger partial charge >= 0.3 is 0 Å². The molecule has 0 atom stereocenters. The van der Waals surface area contributed by atoms with Crippen molar-refractivity contribution >= 4 is 11.7 Å². The van der Waals surface area contributed by atoms with Crippen molar-refractivity contribution in [3.8, 4) is 11.5 Å². The van der Waals surface area contributed by atoms with E-state index >= 15 is 0 Å². The highest BCUT2D eigenvalue weighted by Gasteiger charge is 2.22. The molecule has 1 aliphatic rings. The highest BCUT2D eigenvalue weighted by molar-refractivity contribution is 5.76. The fourth-order valence-corrected chi connectivity index (χ4v) is 2.89. The van der Waals surface area contributed by atoms with Crippen LogP contribution >= 0.6 is 0 Å². The molecule has 2 aromatic heterocycles. The highest BCUT2D eigenvalue weighted by Crippen LogP contribution is 2.22. The van der Waals surface area contributed by atoms with Crippen LogP contribution in [-0.2, 0) is 4.79 Å². The fraction of sp³-hybridized carbons (Fsp3) is 0.556. The molecular formula is C18H25N5O2. The first kappa shape index (κ1) is 17.4. The maximum absolute atomic E-state index is 12.3. The summed E-state index contributed by atoms with van der Waals surface area (Å²) in [7, 11) is 0. The molecular weight excluding hydrogens is 318 g/mol. The second kappa shape index (κ2) is 7.63. The number of piperazine rings is 1. The molecule has 1 saturated heterocycles. The average Bonchev–Trinajstić information content (AvgIpc) is 3.06. The van der Waals surface area contributed by atoms with Crippen molar-refractivity contribution in [1.29, 1.82) is 0 Å². The Labute approximate surface area is 148 Å². The minimum atomic E-state index is 0.261. The van der Waals surface area contributed by atoms with Gasteiger partial charge in [-0.25, -0.2) is 4.98 Å². The number of hydrogen-bond acceptors (Lipinski definition) is 6. The number of aromatic nitrogens is 3. The summed E-state index contributed by atoms with van der Waals surface area (Å²) in [6, 6.07) is 3.82. The first-order chi connectivity index (χ1) is 12.0. The van der Waals surface area contributed by atoms with E-state index in [2.05, 4.69) is 33.9 Å². The molecule has 0 unspecified atom stereocenters. The van der Waals surface area contributed by atoms with Crippen molar-refractivity contribution in [1.82, 2.24) is 20.0 Å². The van der Waals surface area contributed by atoms with Crippen LogP contribution in [-0.4, -0.2) is 52.1 Å². The Morgan fingerprint density at radius 2 is 2.04 bits per heavy atom. The summed E-state index contributed by atoms with van der Waals surface area (Å²) in [5.74, 6) is 2.81. The van der Waals surface area contributed by atoms with Crippen LogP contribution in [0, 0.1) is 12.8 Å². The van der Waals surface area contributed by atoms with E-state index in [0.717, 1.165) is 44.0 Å². The molecule has 0 saturated carbocycles. The number of anilines is 1. The number of hydrogen-bond donors (Lipinski definition) is 0. The van der Waals surface area contributed by atoms with Crippen molar-refractivity contribution in [2.45, 2.75) is 33.6 Å². The minimum absolute atomic E-state index is 0.261. The summed E-state index contributed by atoms with van der Waals surface area (Å²) in [4.78, 5) is 25.1. The van der Waals surface area contributed by atoms with Crippen LogP contribution in [0.15, 0.2) is 22.9 Å². The average molecular weight is 343 g/mol. The molecule has 0 aliphatic carbocycles. The number of carbonyl (C=O) groups excluding carboxylic acids is 1. The van der Waals surface area contributed by atoms with Gasteiger partial charge in [0, 0.05) is 44.4 Å². The van der Waals surface area contributed by atoms with E-state index in [9.17, 15) is 4.79 Å². The molecule has 134 valence electrons. The van der Waals surface area contributed by atoms with Crippen LogP contribution in [0.4, 0.5) is 5.82 Å². The van der Waals surface area contributed by atoms with Crippen LogP contribution in [0.25, 0.3) is 11.5 Å². The SMILES string of the molecule is Cc1noc(-c2ccnc(N3CCN(C(=O)CCC(C)C)CC3)c2)n1. The number of amides is 1. The summed E-state index contributed by atoms with van der Waals surface area (Å²) in [6.45, 7) is 9.14. The minimum Gasteiger partial charge on any atom is -0.353 e. The Bertz CT molecular complexity index is 720. The Hall–Kier alpha value is -2.44. The topological polar surface area (TPSA) is 75.4 Å². The van der Waals surface area contributed by atoms with Crippen molar-refractivity contribution in [3.05, 3.63) is 24.2 Å². The molecule has 7 nitrogen and oxygen atoms in total. The van der Waals surface area contributed by atoms with Gasteiger partial charge in [0.15, 0.2) is 5.82 Å². The zero-order valence-corrected chi connectivity index (χ0v) is 15.1. The van der Waals surface area contributed by atoms with Gasteiger partial charge in [-0.05, 0) is 31.4 Å². The van der Waals surface area contributed by atoms with Gasteiger partial charge in [0.05, 0.1) is 0 Å². The van der Waals surface area contributed by atoms with Crippen LogP contribution < -0.4 is 4.90 Å². The maximum atomic E-state index is 12.3. The monoisotopic (exact) mass is 343 g/mol. The quantitative estimate of drug-likeness (QED) is 0.830. The van der Waals surface area contributed by atoms with E-state index in [1.54, 1.807) is 13.1 Å². The van der Waals surface area contributed by atoms with Gasteiger partial charge in [-0.3, -0.25) is 4.79 Å². The van der Waals surface area contributed by atoms with Crippen molar-refractivity contribution < 1.29 is 9.32 Å². The third-order valence-corrected chi connectivity index (χ3v) is 4.41. The molecule has 1 amide bonds. The number of pyridine rings is 1. The molecule has 0 radical (unpaired) electrons. The molecule has 25 heavy (non-hydrogen) atoms. The van der Waals surface area contributed by atoms with E-state index < -0.39 is 0 Å². The zero-order valence-electron chi connectivity index (χ0n) is 15.1. The Kier molecular flexibility index (Phi) is 5.31. The summed E-state index contributed by atoms with van der Waals surface area (Å²) in [5.41, 5.74) is 0.862. The van der Waals surface area contributed by atoms with Crippen LogP contribution in [0.3, 0.4) is 0 Å². The molecule has 0 bridgehead atoms. The molecule has 3 heterocycles. The van der Waals surface area contributed by atoms with Crippen LogP contribution in [0.1, 0.15) is 32.5 Å². The molecule has 1 fully saturated rings. The first-order valence-electron chi connectivity index (χ1n) is 8.82. The zero-order chi connectivity index (χ0) is 17.8. The molecule has 7 heteroatoms. The van der Waals surface area contributed by atoms with Gasteiger partial charge in [-0.2, -0.15) is 4.98 Å². The van der Waals surface area contributed by atoms with E-state index in [4.69, 9.17) is 4.52 Å². The second-order valence-electron chi connectivity index (χ2n) is 6.85. The Morgan fingerprint density at radius 3 is 2.68 bits per heavy atom. The lowest BCUT2D eigenvalue weighted by molar-refractivity contribution is -0.131. The van der Waals surface area contributed by atoms with Gasteiger partial charge in [0.25, 0.3) is 5.89 Å². The normalized spacial score (nSPS) is 15.0. The van der Waals surface area contributed by atoms with E-state index in [0.29, 0.717) is 24.1 Å². The van der Waals surface area contributed by atoms with E-state index in [-0.39, 0.29) is 5.91 Å². The fourth-order valence-electron chi connectivity index (χ4n) is 2.89. The van der Waals surface area contributed by atoms with E-state index in [1.807, 2.05) is 17.0 Å². The van der Waals surface area contributed by atoms with Crippen molar-refractivity contribution in [2.75, 3.05) is 31.1 Å². The number of nitrogens with zero attached hydrogens (tertiary/aromatic N) is 5. The van der Waals surface area contributed by atoms with Gasteiger partial charge in [-0.1, -0.05) is 19.0 Å². The third-order valence-electron chi connectivity index (χ3n) is 4.41. The Morgan fingerprint density at radius 1 is 1.28 bits per heavy atom.